The van der Waals surface area contributed by atoms with Gasteiger partial charge in [-0.3, -0.25) is 9.59 Å². The third-order valence-corrected chi connectivity index (χ3v) is 5.67. The summed E-state index contributed by atoms with van der Waals surface area (Å²) in [6.45, 7) is 8.85. The lowest BCUT2D eigenvalue weighted by molar-refractivity contribution is -0.160. The summed E-state index contributed by atoms with van der Waals surface area (Å²) in [5.74, 6) is 0.692. The molecule has 0 aromatic heterocycles. The third-order valence-electron chi connectivity index (χ3n) is 4.83. The first kappa shape index (κ1) is 24.6. The van der Waals surface area contributed by atoms with Gasteiger partial charge in [0, 0.05) is 18.2 Å². The highest BCUT2D eigenvalue weighted by Crippen LogP contribution is 2.25. The van der Waals surface area contributed by atoms with Crippen LogP contribution in [0.4, 0.5) is 0 Å². The van der Waals surface area contributed by atoms with Crippen molar-refractivity contribution in [3.8, 4) is 0 Å². The summed E-state index contributed by atoms with van der Waals surface area (Å²) in [7, 11) is 0. The normalized spacial score (nSPS) is 13.7. The summed E-state index contributed by atoms with van der Waals surface area (Å²) in [4.78, 5) is 23.8. The summed E-state index contributed by atoms with van der Waals surface area (Å²) in [5.41, 5.74) is 0. The number of alkyl halides is 1. The van der Waals surface area contributed by atoms with Crippen LogP contribution in [0.25, 0.3) is 0 Å². The monoisotopic (exact) mass is 418 g/mol. The molecule has 2 atom stereocenters. The van der Waals surface area contributed by atoms with E-state index in [1.54, 1.807) is 0 Å². The Morgan fingerprint density at radius 1 is 0.880 bits per heavy atom. The fourth-order valence-corrected chi connectivity index (χ4v) is 3.84. The predicted octanol–water partition coefficient (Wildman–Crippen LogP) is 6.67. The van der Waals surface area contributed by atoms with Crippen LogP contribution in [-0.4, -0.2) is 17.3 Å². The first-order valence-corrected chi connectivity index (χ1v) is 11.3. The Morgan fingerprint density at radius 3 is 2.12 bits per heavy atom. The smallest absolute Gasteiger partial charge is 0.313 e. The molecule has 0 bridgehead atoms. The maximum Gasteiger partial charge on any atom is 0.313 e. The van der Waals surface area contributed by atoms with Crippen LogP contribution in [0.5, 0.6) is 0 Å². The van der Waals surface area contributed by atoms with Crippen molar-refractivity contribution in [2.45, 2.75) is 98.3 Å². The van der Waals surface area contributed by atoms with E-state index in [0.29, 0.717) is 18.8 Å². The number of halogens is 1. The van der Waals surface area contributed by atoms with Gasteiger partial charge < -0.3 is 4.74 Å². The second-order valence-corrected chi connectivity index (χ2v) is 8.43. The molecule has 0 aromatic rings. The fourth-order valence-electron chi connectivity index (χ4n) is 2.98. The SMILES string of the molecule is CCCCCCCCC(=O)OC(=O)CC(CBr)C(C)CCCC(C)C. The molecule has 0 saturated heterocycles. The van der Waals surface area contributed by atoms with Gasteiger partial charge in [0.25, 0.3) is 0 Å². The van der Waals surface area contributed by atoms with E-state index in [2.05, 4.69) is 43.6 Å². The number of ether oxygens (including phenoxy) is 1. The predicted molar refractivity (Wildman–Crippen MR) is 109 cm³/mol. The summed E-state index contributed by atoms with van der Waals surface area (Å²) in [6.07, 6.45) is 11.0. The molecule has 3 nitrogen and oxygen atoms in total. The van der Waals surface area contributed by atoms with E-state index in [9.17, 15) is 9.59 Å². The lowest BCUT2D eigenvalue weighted by Gasteiger charge is -2.21. The van der Waals surface area contributed by atoms with Crippen molar-refractivity contribution in [3.05, 3.63) is 0 Å². The molecular weight excluding hydrogens is 380 g/mol. The number of carbonyl (C=O) groups is 2. The van der Waals surface area contributed by atoms with E-state index >= 15 is 0 Å². The molecule has 0 aliphatic heterocycles. The molecule has 0 aromatic carbocycles. The van der Waals surface area contributed by atoms with Gasteiger partial charge in [0.1, 0.15) is 0 Å². The van der Waals surface area contributed by atoms with E-state index in [0.717, 1.165) is 36.9 Å². The highest BCUT2D eigenvalue weighted by molar-refractivity contribution is 9.09. The van der Waals surface area contributed by atoms with Crippen molar-refractivity contribution in [2.24, 2.45) is 17.8 Å². The maximum atomic E-state index is 12.0. The first-order valence-electron chi connectivity index (χ1n) is 10.2. The molecule has 0 fully saturated rings. The van der Waals surface area contributed by atoms with Crippen LogP contribution >= 0.6 is 15.9 Å². The van der Waals surface area contributed by atoms with Gasteiger partial charge in [0.2, 0.25) is 0 Å². The maximum absolute atomic E-state index is 12.0. The number of unbranched alkanes of at least 4 members (excludes halogenated alkanes) is 5. The second-order valence-electron chi connectivity index (χ2n) is 7.78. The Morgan fingerprint density at radius 2 is 1.52 bits per heavy atom. The van der Waals surface area contributed by atoms with Crippen LogP contribution in [0.3, 0.4) is 0 Å². The standard InChI is InChI=1S/C21H39BrO3/c1-5-6-7-8-9-10-14-20(23)25-21(24)15-19(16-22)18(4)13-11-12-17(2)3/h17-19H,5-16H2,1-4H3. The van der Waals surface area contributed by atoms with Gasteiger partial charge in [-0.25, -0.2) is 0 Å². The molecule has 0 heterocycles. The molecule has 0 rings (SSSR count). The number of hydrogen-bond donors (Lipinski definition) is 0. The number of hydrogen-bond acceptors (Lipinski definition) is 3. The number of carbonyl (C=O) groups excluding carboxylic acids is 2. The van der Waals surface area contributed by atoms with Gasteiger partial charge in [0.05, 0.1) is 0 Å². The van der Waals surface area contributed by atoms with E-state index in [4.69, 9.17) is 4.74 Å². The molecule has 0 spiro atoms. The van der Waals surface area contributed by atoms with Gasteiger partial charge in [-0.15, -0.1) is 0 Å². The van der Waals surface area contributed by atoms with E-state index in [1.165, 1.54) is 32.1 Å². The summed E-state index contributed by atoms with van der Waals surface area (Å²) in [5, 5.41) is 0.774. The van der Waals surface area contributed by atoms with Crippen molar-refractivity contribution in [1.29, 1.82) is 0 Å². The average molecular weight is 419 g/mol. The van der Waals surface area contributed by atoms with Crippen molar-refractivity contribution in [1.82, 2.24) is 0 Å². The topological polar surface area (TPSA) is 43.4 Å². The van der Waals surface area contributed by atoms with E-state index in [-0.39, 0.29) is 17.9 Å². The summed E-state index contributed by atoms with van der Waals surface area (Å²) < 4.78 is 5.00. The van der Waals surface area contributed by atoms with Gasteiger partial charge in [0.15, 0.2) is 0 Å². The van der Waals surface area contributed by atoms with Crippen LogP contribution in [-0.2, 0) is 14.3 Å². The summed E-state index contributed by atoms with van der Waals surface area (Å²) >= 11 is 3.51. The fraction of sp³-hybridized carbons (Fsp3) is 0.905. The Labute approximate surface area is 163 Å². The zero-order valence-corrected chi connectivity index (χ0v) is 18.4. The molecular formula is C21H39BrO3. The van der Waals surface area contributed by atoms with Crippen molar-refractivity contribution in [2.75, 3.05) is 5.33 Å². The van der Waals surface area contributed by atoms with E-state index in [1.807, 2.05) is 0 Å². The highest BCUT2D eigenvalue weighted by Gasteiger charge is 2.22. The molecule has 2 unspecified atom stereocenters. The molecule has 25 heavy (non-hydrogen) atoms. The lowest BCUT2D eigenvalue weighted by Crippen LogP contribution is -2.21. The lowest BCUT2D eigenvalue weighted by atomic mass is 9.87. The largest absolute Gasteiger partial charge is 0.393 e. The van der Waals surface area contributed by atoms with Gasteiger partial charge in [-0.05, 0) is 24.2 Å². The van der Waals surface area contributed by atoms with E-state index < -0.39 is 0 Å². The zero-order chi connectivity index (χ0) is 19.1. The molecule has 0 amide bonds. The minimum absolute atomic E-state index is 0.238. The van der Waals surface area contributed by atoms with Crippen molar-refractivity contribution < 1.29 is 14.3 Å². The Balaban J connectivity index is 3.96. The Bertz CT molecular complexity index is 355. The molecule has 4 heteroatoms. The van der Waals surface area contributed by atoms with Crippen LogP contribution in [0.1, 0.15) is 98.3 Å². The first-order chi connectivity index (χ1) is 11.9. The molecule has 0 saturated carbocycles. The Kier molecular flexibility index (Phi) is 15.6. The van der Waals surface area contributed by atoms with Crippen molar-refractivity contribution in [3.63, 3.8) is 0 Å². The molecule has 0 N–H and O–H groups in total. The van der Waals surface area contributed by atoms with Gasteiger partial charge >= 0.3 is 11.9 Å². The third kappa shape index (κ3) is 14.5. The van der Waals surface area contributed by atoms with Crippen LogP contribution < -0.4 is 0 Å². The van der Waals surface area contributed by atoms with Crippen LogP contribution in [0.2, 0.25) is 0 Å². The minimum atomic E-state index is -0.365. The molecule has 0 radical (unpaired) electrons. The molecule has 0 aliphatic carbocycles. The molecule has 0 aliphatic rings. The van der Waals surface area contributed by atoms with Crippen molar-refractivity contribution >= 4 is 27.9 Å². The summed E-state index contributed by atoms with van der Waals surface area (Å²) in [6, 6.07) is 0. The van der Waals surface area contributed by atoms with Crippen LogP contribution in [0, 0.1) is 17.8 Å². The molecule has 148 valence electrons. The Hall–Kier alpha value is -0.380. The minimum Gasteiger partial charge on any atom is -0.393 e. The van der Waals surface area contributed by atoms with Crippen LogP contribution in [0.15, 0.2) is 0 Å². The quantitative estimate of drug-likeness (QED) is 0.129. The van der Waals surface area contributed by atoms with Gasteiger partial charge in [-0.2, -0.15) is 0 Å². The second kappa shape index (κ2) is 15.8. The average Bonchev–Trinajstić information content (AvgIpc) is 2.55. The van der Waals surface area contributed by atoms with Gasteiger partial charge in [-0.1, -0.05) is 95.0 Å². The highest BCUT2D eigenvalue weighted by atomic mass is 79.9. The number of rotatable bonds is 15. The zero-order valence-electron chi connectivity index (χ0n) is 16.8. The number of esters is 2.